The molecule has 0 aliphatic heterocycles. The molecule has 0 N–H and O–H groups in total. The van der Waals surface area contributed by atoms with Crippen molar-refractivity contribution in [1.29, 1.82) is 0 Å². The van der Waals surface area contributed by atoms with E-state index in [2.05, 4.69) is 4.98 Å². The summed E-state index contributed by atoms with van der Waals surface area (Å²) in [5.41, 5.74) is 0.323. The normalized spacial score (nSPS) is 10.6. The van der Waals surface area contributed by atoms with Crippen molar-refractivity contribution >= 4 is 17.9 Å². The van der Waals surface area contributed by atoms with Gasteiger partial charge in [0.05, 0.1) is 11.6 Å². The van der Waals surface area contributed by atoms with Crippen molar-refractivity contribution in [2.75, 3.05) is 0 Å². The molecule has 76 valence electrons. The van der Waals surface area contributed by atoms with Gasteiger partial charge in [-0.15, -0.1) is 11.6 Å². The molecule has 0 aromatic carbocycles. The lowest BCUT2D eigenvalue weighted by molar-refractivity contribution is 0.112. The number of hydrogen-bond acceptors (Lipinski definition) is 2. The van der Waals surface area contributed by atoms with Crippen LogP contribution < -0.4 is 0 Å². The van der Waals surface area contributed by atoms with E-state index in [1.807, 2.05) is 0 Å². The van der Waals surface area contributed by atoms with E-state index in [0.717, 1.165) is 0 Å². The van der Waals surface area contributed by atoms with Gasteiger partial charge in [0.1, 0.15) is 0 Å². The summed E-state index contributed by atoms with van der Waals surface area (Å²) in [6.07, 6.45) is -0.894. The molecule has 1 heterocycles. The number of rotatable bonds is 3. The molecule has 0 radical (unpaired) electrons. The van der Waals surface area contributed by atoms with Gasteiger partial charge in [0.15, 0.2) is 6.29 Å². The summed E-state index contributed by atoms with van der Waals surface area (Å²) >= 11 is 5.46. The van der Waals surface area contributed by atoms with Crippen LogP contribution in [0.3, 0.4) is 0 Å². The molecule has 1 aromatic heterocycles. The van der Waals surface area contributed by atoms with Crippen LogP contribution in [0, 0.1) is 6.92 Å². The van der Waals surface area contributed by atoms with Crippen LogP contribution >= 0.6 is 11.6 Å². The van der Waals surface area contributed by atoms with Crippen LogP contribution in [0.2, 0.25) is 0 Å². The molecule has 0 fully saturated rings. The number of hydrogen-bond donors (Lipinski definition) is 0. The highest BCUT2D eigenvalue weighted by Crippen LogP contribution is 2.27. The van der Waals surface area contributed by atoms with Crippen molar-refractivity contribution in [3.8, 4) is 0 Å². The van der Waals surface area contributed by atoms with Gasteiger partial charge in [0, 0.05) is 17.3 Å². The number of pyridine rings is 1. The van der Waals surface area contributed by atoms with Crippen LogP contribution in [-0.2, 0) is 5.88 Å². The van der Waals surface area contributed by atoms with Crippen LogP contribution in [0.15, 0.2) is 6.20 Å². The van der Waals surface area contributed by atoms with E-state index in [4.69, 9.17) is 11.6 Å². The Morgan fingerprint density at radius 1 is 1.64 bits per heavy atom. The average molecular weight is 220 g/mol. The second kappa shape index (κ2) is 4.46. The molecule has 0 atom stereocenters. The van der Waals surface area contributed by atoms with E-state index in [0.29, 0.717) is 6.29 Å². The number of nitrogens with zero attached hydrogens (tertiary/aromatic N) is 1. The Hall–Kier alpha value is -1.03. The standard InChI is InChI=1S/C9H8ClF2NO/c1-5-6(4-14)3-13-7(2-10)8(5)9(11)12/h3-4,9H,2H2,1H3. The molecule has 14 heavy (non-hydrogen) atoms. The summed E-state index contributed by atoms with van der Waals surface area (Å²) in [7, 11) is 0. The largest absolute Gasteiger partial charge is 0.298 e. The first-order chi connectivity index (χ1) is 6.61. The minimum Gasteiger partial charge on any atom is -0.298 e. The van der Waals surface area contributed by atoms with Gasteiger partial charge in [0.25, 0.3) is 6.43 Å². The van der Waals surface area contributed by atoms with Gasteiger partial charge in [-0.25, -0.2) is 8.78 Å². The maximum Gasteiger partial charge on any atom is 0.265 e. The molecule has 1 aromatic rings. The minimum atomic E-state index is -2.66. The first-order valence-corrected chi connectivity index (χ1v) is 4.43. The summed E-state index contributed by atoms with van der Waals surface area (Å²) in [5.74, 6) is -0.0837. The van der Waals surface area contributed by atoms with Gasteiger partial charge in [0.2, 0.25) is 0 Å². The van der Waals surface area contributed by atoms with E-state index >= 15 is 0 Å². The van der Waals surface area contributed by atoms with Crippen LogP contribution in [0.25, 0.3) is 0 Å². The van der Waals surface area contributed by atoms with Crippen molar-refractivity contribution in [3.63, 3.8) is 0 Å². The molecular weight excluding hydrogens is 212 g/mol. The SMILES string of the molecule is Cc1c(C=O)cnc(CCl)c1C(F)F. The first-order valence-electron chi connectivity index (χ1n) is 3.89. The van der Waals surface area contributed by atoms with E-state index in [9.17, 15) is 13.6 Å². The molecule has 0 amide bonds. The second-order valence-corrected chi connectivity index (χ2v) is 3.02. The zero-order chi connectivity index (χ0) is 10.7. The number of alkyl halides is 3. The van der Waals surface area contributed by atoms with Crippen molar-refractivity contribution in [1.82, 2.24) is 4.98 Å². The highest BCUT2D eigenvalue weighted by Gasteiger charge is 2.18. The van der Waals surface area contributed by atoms with Crippen LogP contribution in [0.1, 0.15) is 33.6 Å². The lowest BCUT2D eigenvalue weighted by Crippen LogP contribution is -2.03. The zero-order valence-corrected chi connectivity index (χ0v) is 8.18. The Balaban J connectivity index is 3.38. The lowest BCUT2D eigenvalue weighted by Gasteiger charge is -2.10. The molecule has 1 rings (SSSR count). The maximum atomic E-state index is 12.6. The molecule has 0 saturated heterocycles. The number of carbonyl (C=O) groups is 1. The van der Waals surface area contributed by atoms with Gasteiger partial charge < -0.3 is 0 Å². The summed E-state index contributed by atoms with van der Waals surface area (Å²) in [6.45, 7) is 1.46. The van der Waals surface area contributed by atoms with E-state index in [-0.39, 0.29) is 28.3 Å². The predicted molar refractivity (Wildman–Crippen MR) is 48.9 cm³/mol. The van der Waals surface area contributed by atoms with Crippen LogP contribution in [0.5, 0.6) is 0 Å². The minimum absolute atomic E-state index is 0.0837. The average Bonchev–Trinajstić information content (AvgIpc) is 2.16. The van der Waals surface area contributed by atoms with Crippen molar-refractivity contribution in [3.05, 3.63) is 28.6 Å². The molecule has 0 bridgehead atoms. The zero-order valence-electron chi connectivity index (χ0n) is 7.43. The number of aldehydes is 1. The second-order valence-electron chi connectivity index (χ2n) is 2.75. The highest BCUT2D eigenvalue weighted by atomic mass is 35.5. The molecule has 0 unspecified atom stereocenters. The molecule has 2 nitrogen and oxygen atoms in total. The summed E-state index contributed by atoms with van der Waals surface area (Å²) < 4.78 is 25.2. The van der Waals surface area contributed by atoms with Crippen LogP contribution in [0.4, 0.5) is 8.78 Å². The third-order valence-electron chi connectivity index (χ3n) is 1.98. The molecule has 0 aliphatic carbocycles. The number of halogens is 3. The Bertz CT molecular complexity index is 355. The third kappa shape index (κ3) is 1.90. The lowest BCUT2D eigenvalue weighted by atomic mass is 10.0. The van der Waals surface area contributed by atoms with Crippen molar-refractivity contribution in [2.24, 2.45) is 0 Å². The Labute approximate surface area is 84.9 Å². The van der Waals surface area contributed by atoms with Crippen molar-refractivity contribution < 1.29 is 13.6 Å². The van der Waals surface area contributed by atoms with Gasteiger partial charge in [-0.05, 0) is 12.5 Å². The Morgan fingerprint density at radius 2 is 2.29 bits per heavy atom. The predicted octanol–water partition coefficient (Wildman–Crippen LogP) is 2.88. The van der Waals surface area contributed by atoms with E-state index < -0.39 is 6.43 Å². The fourth-order valence-electron chi connectivity index (χ4n) is 1.20. The summed E-state index contributed by atoms with van der Waals surface area (Å²) in [6, 6.07) is 0. The summed E-state index contributed by atoms with van der Waals surface area (Å²) in [4.78, 5) is 14.2. The van der Waals surface area contributed by atoms with E-state index in [1.165, 1.54) is 13.1 Å². The third-order valence-corrected chi connectivity index (χ3v) is 2.23. The smallest absolute Gasteiger partial charge is 0.265 e. The molecule has 0 saturated carbocycles. The topological polar surface area (TPSA) is 30.0 Å². The molecule has 5 heteroatoms. The van der Waals surface area contributed by atoms with E-state index in [1.54, 1.807) is 0 Å². The number of carbonyl (C=O) groups excluding carboxylic acids is 1. The molecule has 0 spiro atoms. The quantitative estimate of drug-likeness (QED) is 0.578. The van der Waals surface area contributed by atoms with Gasteiger partial charge in [-0.3, -0.25) is 9.78 Å². The summed E-state index contributed by atoms with van der Waals surface area (Å²) in [5, 5.41) is 0. The molecule has 0 aliphatic rings. The Morgan fingerprint density at radius 3 is 2.71 bits per heavy atom. The van der Waals surface area contributed by atoms with Gasteiger partial charge in [-0.1, -0.05) is 0 Å². The number of aromatic nitrogens is 1. The van der Waals surface area contributed by atoms with Crippen molar-refractivity contribution in [2.45, 2.75) is 19.2 Å². The fraction of sp³-hybridized carbons (Fsp3) is 0.333. The highest BCUT2D eigenvalue weighted by molar-refractivity contribution is 6.17. The fourth-order valence-corrected chi connectivity index (χ4v) is 1.41. The molecular formula is C9H8ClF2NO. The van der Waals surface area contributed by atoms with Gasteiger partial charge in [-0.2, -0.15) is 0 Å². The van der Waals surface area contributed by atoms with Crippen LogP contribution in [-0.4, -0.2) is 11.3 Å². The first kappa shape index (κ1) is 11.0. The monoisotopic (exact) mass is 219 g/mol. The van der Waals surface area contributed by atoms with Gasteiger partial charge >= 0.3 is 0 Å². The maximum absolute atomic E-state index is 12.6. The Kier molecular flexibility index (Phi) is 3.52.